The number of amides is 2. The molecule has 24 heavy (non-hydrogen) atoms. The van der Waals surface area contributed by atoms with Crippen molar-refractivity contribution in [1.29, 1.82) is 0 Å². The molecule has 2 rings (SSSR count). The fourth-order valence-corrected chi connectivity index (χ4v) is 2.31. The summed E-state index contributed by atoms with van der Waals surface area (Å²) >= 11 is 0. The molecule has 1 aromatic heterocycles. The molecule has 2 N–H and O–H groups in total. The maximum Gasteiger partial charge on any atom is 0.277 e. The van der Waals surface area contributed by atoms with E-state index >= 15 is 0 Å². The molecule has 1 atom stereocenters. The molecule has 1 aromatic carbocycles. The van der Waals surface area contributed by atoms with Gasteiger partial charge in [-0.25, -0.2) is 0 Å². The van der Waals surface area contributed by atoms with Gasteiger partial charge in [0.05, 0.1) is 19.9 Å². The Morgan fingerprint density at radius 3 is 2.54 bits per heavy atom. The molecule has 0 saturated carbocycles. The van der Waals surface area contributed by atoms with E-state index in [9.17, 15) is 9.59 Å². The summed E-state index contributed by atoms with van der Waals surface area (Å²) in [5.74, 6) is 0.538. The number of nitrogens with zero attached hydrogens (tertiary/aromatic N) is 1. The fourth-order valence-electron chi connectivity index (χ4n) is 2.31. The quantitative estimate of drug-likeness (QED) is 0.785. The number of furan rings is 1. The Bertz CT molecular complexity index is 665. The minimum absolute atomic E-state index is 0.0285. The van der Waals surface area contributed by atoms with E-state index in [1.165, 1.54) is 4.90 Å². The summed E-state index contributed by atoms with van der Waals surface area (Å²) in [6, 6.07) is 11.3. The van der Waals surface area contributed by atoms with Crippen LogP contribution in [0.5, 0.6) is 0 Å². The number of carbonyl (C=O) groups excluding carboxylic acids is 2. The van der Waals surface area contributed by atoms with Gasteiger partial charge in [0.25, 0.3) is 5.91 Å². The molecule has 0 fully saturated rings. The minimum Gasteiger partial charge on any atom is -0.463 e. The zero-order valence-electron chi connectivity index (χ0n) is 14.3. The first-order chi connectivity index (χ1) is 11.4. The van der Waals surface area contributed by atoms with E-state index in [2.05, 4.69) is 5.32 Å². The Morgan fingerprint density at radius 2 is 1.92 bits per heavy atom. The van der Waals surface area contributed by atoms with Crippen molar-refractivity contribution in [1.82, 2.24) is 4.90 Å². The molecule has 1 heterocycles. The molecule has 0 spiro atoms. The summed E-state index contributed by atoms with van der Waals surface area (Å²) in [7, 11) is 3.55. The van der Waals surface area contributed by atoms with Gasteiger partial charge in [-0.15, -0.1) is 0 Å². The highest BCUT2D eigenvalue weighted by Crippen LogP contribution is 2.08. The monoisotopic (exact) mass is 330 g/mol. The second kappa shape index (κ2) is 8.31. The van der Waals surface area contributed by atoms with Crippen LogP contribution < -0.4 is 10.2 Å². The first-order valence-electron chi connectivity index (χ1n) is 7.88. The average molecular weight is 330 g/mol. The number of hydrogen-bond acceptors (Lipinski definition) is 3. The van der Waals surface area contributed by atoms with Crippen LogP contribution in [0.2, 0.25) is 0 Å². The molecule has 0 aliphatic heterocycles. The molecule has 0 bridgehead atoms. The number of benzene rings is 1. The van der Waals surface area contributed by atoms with E-state index in [0.29, 0.717) is 13.1 Å². The Balaban J connectivity index is 1.77. The molecule has 2 amide bonds. The molecule has 6 heteroatoms. The third-order valence-electron chi connectivity index (χ3n) is 3.65. The second-order valence-electron chi connectivity index (χ2n) is 6.05. The van der Waals surface area contributed by atoms with Crippen molar-refractivity contribution in [2.75, 3.05) is 32.5 Å². The van der Waals surface area contributed by atoms with E-state index in [0.717, 1.165) is 21.9 Å². The van der Waals surface area contributed by atoms with Gasteiger partial charge in [0.2, 0.25) is 5.91 Å². The third-order valence-corrected chi connectivity index (χ3v) is 3.65. The lowest BCUT2D eigenvalue weighted by molar-refractivity contribution is -0.886. The van der Waals surface area contributed by atoms with Crippen LogP contribution in [0.1, 0.15) is 11.3 Å². The van der Waals surface area contributed by atoms with Crippen LogP contribution in [0.3, 0.4) is 0 Å². The number of quaternary nitrogens is 1. The molecular formula is C18H24N3O3+. The van der Waals surface area contributed by atoms with Crippen molar-refractivity contribution in [2.24, 2.45) is 0 Å². The average Bonchev–Trinajstić information content (AvgIpc) is 3.02. The molecule has 1 unspecified atom stereocenters. The number of carbonyl (C=O) groups is 2. The number of anilines is 1. The number of rotatable bonds is 7. The summed E-state index contributed by atoms with van der Waals surface area (Å²) < 4.78 is 5.28. The van der Waals surface area contributed by atoms with E-state index in [4.69, 9.17) is 4.42 Å². The minimum atomic E-state index is -0.210. The number of hydrogen-bond donors (Lipinski definition) is 2. The smallest absolute Gasteiger partial charge is 0.277 e. The van der Waals surface area contributed by atoms with Crippen molar-refractivity contribution in [2.45, 2.75) is 13.5 Å². The van der Waals surface area contributed by atoms with Gasteiger partial charge in [0.15, 0.2) is 12.3 Å². The lowest BCUT2D eigenvalue weighted by Gasteiger charge is -2.19. The normalized spacial score (nSPS) is 11.8. The van der Waals surface area contributed by atoms with Crippen molar-refractivity contribution in [3.05, 3.63) is 54.0 Å². The number of likely N-dealkylation sites (N-methyl/N-ethyl adjacent to an activating group) is 2. The second-order valence-corrected chi connectivity index (χ2v) is 6.05. The van der Waals surface area contributed by atoms with Crippen molar-refractivity contribution >= 4 is 17.5 Å². The maximum atomic E-state index is 12.2. The zero-order valence-corrected chi connectivity index (χ0v) is 14.3. The Morgan fingerprint density at radius 1 is 1.21 bits per heavy atom. The molecule has 0 aliphatic carbocycles. The number of nitrogens with one attached hydrogen (secondary N) is 2. The standard InChI is InChI=1S/C18H23N3O3/c1-14-6-8-15(9-7-14)19-17(22)12-21(3)18(23)13-20(2)11-16-5-4-10-24-16/h4-10H,11-13H2,1-3H3,(H,19,22)/p+1. The molecular weight excluding hydrogens is 306 g/mol. The Kier molecular flexibility index (Phi) is 6.14. The summed E-state index contributed by atoms with van der Waals surface area (Å²) in [5, 5.41) is 2.79. The van der Waals surface area contributed by atoms with Crippen LogP contribution in [0, 0.1) is 6.92 Å². The van der Waals surface area contributed by atoms with Crippen LogP contribution in [-0.4, -0.2) is 43.9 Å². The Labute approximate surface area is 142 Å². The van der Waals surface area contributed by atoms with Crippen LogP contribution in [-0.2, 0) is 16.1 Å². The predicted molar refractivity (Wildman–Crippen MR) is 91.6 cm³/mol. The Hall–Kier alpha value is -2.60. The zero-order chi connectivity index (χ0) is 17.5. The molecule has 2 aromatic rings. The van der Waals surface area contributed by atoms with Crippen LogP contribution >= 0.6 is 0 Å². The summed E-state index contributed by atoms with van der Waals surface area (Å²) in [6.07, 6.45) is 1.62. The van der Waals surface area contributed by atoms with Gasteiger partial charge in [0.1, 0.15) is 6.54 Å². The van der Waals surface area contributed by atoms with Gasteiger partial charge >= 0.3 is 0 Å². The van der Waals surface area contributed by atoms with Crippen molar-refractivity contribution in [3.8, 4) is 0 Å². The van der Waals surface area contributed by atoms with Crippen molar-refractivity contribution in [3.63, 3.8) is 0 Å². The fraction of sp³-hybridized carbons (Fsp3) is 0.333. The summed E-state index contributed by atoms with van der Waals surface area (Å²) in [4.78, 5) is 26.7. The van der Waals surface area contributed by atoms with Gasteiger partial charge in [-0.2, -0.15) is 0 Å². The first-order valence-corrected chi connectivity index (χ1v) is 7.88. The highest BCUT2D eigenvalue weighted by atomic mass is 16.3. The van der Waals surface area contributed by atoms with E-state index in [-0.39, 0.29) is 18.4 Å². The van der Waals surface area contributed by atoms with Gasteiger partial charge < -0.3 is 19.5 Å². The van der Waals surface area contributed by atoms with E-state index < -0.39 is 0 Å². The van der Waals surface area contributed by atoms with Gasteiger partial charge in [-0.3, -0.25) is 9.59 Å². The first kappa shape index (κ1) is 17.7. The molecule has 0 radical (unpaired) electrons. The SMILES string of the molecule is Cc1ccc(NC(=O)CN(C)C(=O)C[NH+](C)Cc2ccco2)cc1. The van der Waals surface area contributed by atoms with Gasteiger partial charge in [-0.1, -0.05) is 17.7 Å². The van der Waals surface area contributed by atoms with E-state index in [1.54, 1.807) is 13.3 Å². The summed E-state index contributed by atoms with van der Waals surface area (Å²) in [6.45, 7) is 2.94. The van der Waals surface area contributed by atoms with Crippen LogP contribution in [0.25, 0.3) is 0 Å². The van der Waals surface area contributed by atoms with Crippen molar-refractivity contribution < 1.29 is 18.9 Å². The molecule has 0 aliphatic rings. The van der Waals surface area contributed by atoms with Gasteiger partial charge in [-0.05, 0) is 31.2 Å². The predicted octanol–water partition coefficient (Wildman–Crippen LogP) is 0.700. The van der Waals surface area contributed by atoms with Crippen LogP contribution in [0.4, 0.5) is 5.69 Å². The highest BCUT2D eigenvalue weighted by molar-refractivity contribution is 5.94. The summed E-state index contributed by atoms with van der Waals surface area (Å²) in [5.41, 5.74) is 1.86. The topological polar surface area (TPSA) is 67.0 Å². The van der Waals surface area contributed by atoms with E-state index in [1.807, 2.05) is 50.4 Å². The molecule has 128 valence electrons. The lowest BCUT2D eigenvalue weighted by Crippen LogP contribution is -3.08. The molecule has 0 saturated heterocycles. The highest BCUT2D eigenvalue weighted by Gasteiger charge is 2.18. The number of aryl methyl sites for hydroxylation is 1. The maximum absolute atomic E-state index is 12.2. The lowest BCUT2D eigenvalue weighted by atomic mass is 10.2. The molecule has 6 nitrogen and oxygen atoms in total. The largest absolute Gasteiger partial charge is 0.463 e. The van der Waals surface area contributed by atoms with Gasteiger partial charge in [0, 0.05) is 12.7 Å². The van der Waals surface area contributed by atoms with Crippen LogP contribution in [0.15, 0.2) is 47.1 Å². The third kappa shape index (κ3) is 5.55.